The van der Waals surface area contributed by atoms with Crippen molar-refractivity contribution in [2.45, 2.75) is 50.5 Å². The molecule has 1 fully saturated rings. The molecular weight excluding hydrogens is 360 g/mol. The summed E-state index contributed by atoms with van der Waals surface area (Å²) in [7, 11) is -3.59. The van der Waals surface area contributed by atoms with Crippen molar-refractivity contribution in [1.29, 1.82) is 0 Å². The van der Waals surface area contributed by atoms with Gasteiger partial charge in [0.1, 0.15) is 0 Å². The number of hydrogen-bond donors (Lipinski definition) is 1. The zero-order chi connectivity index (χ0) is 19.4. The van der Waals surface area contributed by atoms with Crippen LogP contribution in [0, 0.1) is 13.8 Å². The minimum atomic E-state index is -3.59. The van der Waals surface area contributed by atoms with Gasteiger partial charge in [-0.15, -0.1) is 0 Å². The number of anilines is 1. The fraction of sp³-hybridized carbons (Fsp3) is 0.381. The third-order valence-electron chi connectivity index (χ3n) is 5.22. The van der Waals surface area contributed by atoms with Gasteiger partial charge in [-0.1, -0.05) is 36.8 Å². The van der Waals surface area contributed by atoms with Gasteiger partial charge in [0.25, 0.3) is 0 Å². The van der Waals surface area contributed by atoms with Crippen molar-refractivity contribution in [2.24, 2.45) is 0 Å². The van der Waals surface area contributed by atoms with Crippen molar-refractivity contribution >= 4 is 21.6 Å². The van der Waals surface area contributed by atoms with E-state index in [0.29, 0.717) is 13.0 Å². The zero-order valence-electron chi connectivity index (χ0n) is 15.8. The molecule has 1 N–H and O–H groups in total. The number of benzene rings is 2. The molecule has 27 heavy (non-hydrogen) atoms. The summed E-state index contributed by atoms with van der Waals surface area (Å²) in [4.78, 5) is 12.9. The Morgan fingerprint density at radius 2 is 1.81 bits per heavy atom. The molecule has 1 atom stereocenters. The number of carbonyl (C=O) groups excluding carboxylic acids is 1. The van der Waals surface area contributed by atoms with Gasteiger partial charge >= 0.3 is 0 Å². The van der Waals surface area contributed by atoms with Gasteiger partial charge in [-0.2, -0.15) is 4.31 Å². The van der Waals surface area contributed by atoms with E-state index in [0.717, 1.165) is 29.7 Å². The second kappa shape index (κ2) is 8.23. The Morgan fingerprint density at radius 1 is 1.07 bits per heavy atom. The van der Waals surface area contributed by atoms with Crippen LogP contribution >= 0.6 is 0 Å². The fourth-order valence-electron chi connectivity index (χ4n) is 3.52. The van der Waals surface area contributed by atoms with Gasteiger partial charge in [0.2, 0.25) is 15.9 Å². The molecule has 5 nitrogen and oxygen atoms in total. The lowest BCUT2D eigenvalue weighted by Crippen LogP contribution is -2.45. The Hall–Kier alpha value is -2.18. The molecule has 1 amide bonds. The van der Waals surface area contributed by atoms with E-state index in [-0.39, 0.29) is 23.3 Å². The quantitative estimate of drug-likeness (QED) is 0.848. The molecular formula is C21H26N2O3S. The molecule has 144 valence electrons. The molecule has 1 heterocycles. The maximum atomic E-state index is 13.0. The lowest BCUT2D eigenvalue weighted by atomic mass is 10.0. The first kappa shape index (κ1) is 19.6. The second-order valence-electron chi connectivity index (χ2n) is 7.08. The molecule has 0 aromatic heterocycles. The van der Waals surface area contributed by atoms with Crippen LogP contribution in [0.2, 0.25) is 0 Å². The largest absolute Gasteiger partial charge is 0.326 e. The van der Waals surface area contributed by atoms with E-state index in [1.54, 1.807) is 30.3 Å². The van der Waals surface area contributed by atoms with Crippen LogP contribution in [0.1, 0.15) is 36.8 Å². The predicted octanol–water partition coefficient (Wildman–Crippen LogP) is 3.88. The minimum absolute atomic E-state index is 0.149. The van der Waals surface area contributed by atoms with Crippen LogP contribution in [0.3, 0.4) is 0 Å². The van der Waals surface area contributed by atoms with Crippen LogP contribution in [0.4, 0.5) is 5.69 Å². The molecule has 3 rings (SSSR count). The van der Waals surface area contributed by atoms with E-state index in [4.69, 9.17) is 0 Å². The first-order valence-electron chi connectivity index (χ1n) is 9.32. The molecule has 0 aliphatic carbocycles. The number of carbonyl (C=O) groups is 1. The van der Waals surface area contributed by atoms with Gasteiger partial charge in [0.05, 0.1) is 4.90 Å². The Kier molecular flexibility index (Phi) is 5.97. The molecule has 1 aliphatic rings. The molecule has 1 saturated heterocycles. The van der Waals surface area contributed by atoms with Crippen LogP contribution < -0.4 is 5.32 Å². The Morgan fingerprint density at radius 3 is 2.56 bits per heavy atom. The predicted molar refractivity (Wildman–Crippen MR) is 107 cm³/mol. The summed E-state index contributed by atoms with van der Waals surface area (Å²) >= 11 is 0. The minimum Gasteiger partial charge on any atom is -0.326 e. The number of nitrogens with one attached hydrogen (secondary N) is 1. The SMILES string of the molecule is Cc1cccc(NC(=O)C[C@@H]2CCCCN2S(=O)(=O)c2ccccc2)c1C. The number of sulfonamides is 1. The van der Waals surface area contributed by atoms with Crippen LogP contribution in [-0.2, 0) is 14.8 Å². The third-order valence-corrected chi connectivity index (χ3v) is 7.19. The number of rotatable bonds is 5. The van der Waals surface area contributed by atoms with E-state index < -0.39 is 10.0 Å². The highest BCUT2D eigenvalue weighted by Gasteiger charge is 2.34. The number of amides is 1. The smallest absolute Gasteiger partial charge is 0.243 e. The van der Waals surface area contributed by atoms with E-state index in [9.17, 15) is 13.2 Å². The maximum Gasteiger partial charge on any atom is 0.243 e. The molecule has 0 saturated carbocycles. The number of aryl methyl sites for hydroxylation is 1. The van der Waals surface area contributed by atoms with Gasteiger partial charge in [-0.25, -0.2) is 8.42 Å². The van der Waals surface area contributed by atoms with Crippen LogP contribution in [0.25, 0.3) is 0 Å². The average Bonchev–Trinajstić information content (AvgIpc) is 2.66. The third kappa shape index (κ3) is 4.39. The van der Waals surface area contributed by atoms with E-state index >= 15 is 0 Å². The molecule has 0 radical (unpaired) electrons. The maximum absolute atomic E-state index is 13.0. The monoisotopic (exact) mass is 386 g/mol. The summed E-state index contributed by atoms with van der Waals surface area (Å²) in [5.41, 5.74) is 2.93. The summed E-state index contributed by atoms with van der Waals surface area (Å²) < 4.78 is 27.6. The number of hydrogen-bond acceptors (Lipinski definition) is 3. The lowest BCUT2D eigenvalue weighted by Gasteiger charge is -2.34. The summed E-state index contributed by atoms with van der Waals surface area (Å²) in [6.45, 7) is 4.43. The van der Waals surface area contributed by atoms with Crippen molar-refractivity contribution in [2.75, 3.05) is 11.9 Å². The van der Waals surface area contributed by atoms with Gasteiger partial charge in [-0.05, 0) is 56.0 Å². The molecule has 0 unspecified atom stereocenters. The normalized spacial score (nSPS) is 18.2. The Bertz CT molecular complexity index is 910. The lowest BCUT2D eigenvalue weighted by molar-refractivity contribution is -0.117. The number of nitrogens with zero attached hydrogens (tertiary/aromatic N) is 1. The van der Waals surface area contributed by atoms with Gasteiger partial charge in [0, 0.05) is 24.7 Å². The summed E-state index contributed by atoms with van der Waals surface area (Å²) in [5, 5.41) is 2.95. The van der Waals surface area contributed by atoms with Crippen LogP contribution in [0.5, 0.6) is 0 Å². The Balaban J connectivity index is 1.76. The van der Waals surface area contributed by atoms with Crippen molar-refractivity contribution < 1.29 is 13.2 Å². The van der Waals surface area contributed by atoms with Crippen molar-refractivity contribution in [3.05, 3.63) is 59.7 Å². The van der Waals surface area contributed by atoms with E-state index in [1.165, 1.54) is 4.31 Å². The topological polar surface area (TPSA) is 66.5 Å². The van der Waals surface area contributed by atoms with E-state index in [2.05, 4.69) is 5.32 Å². The Labute approximate surface area is 161 Å². The second-order valence-corrected chi connectivity index (χ2v) is 8.97. The summed E-state index contributed by atoms with van der Waals surface area (Å²) in [6, 6.07) is 13.9. The highest BCUT2D eigenvalue weighted by Crippen LogP contribution is 2.27. The first-order chi connectivity index (χ1) is 12.9. The molecule has 2 aromatic carbocycles. The van der Waals surface area contributed by atoms with Crippen LogP contribution in [0.15, 0.2) is 53.4 Å². The summed E-state index contributed by atoms with van der Waals surface area (Å²) in [5.74, 6) is -0.149. The van der Waals surface area contributed by atoms with Gasteiger partial charge in [0.15, 0.2) is 0 Å². The van der Waals surface area contributed by atoms with Crippen molar-refractivity contribution in [1.82, 2.24) is 4.31 Å². The van der Waals surface area contributed by atoms with Gasteiger partial charge < -0.3 is 5.32 Å². The standard InChI is InChI=1S/C21H26N2O3S/c1-16-9-8-13-20(17(16)2)22-21(24)15-18-10-6-7-14-23(18)27(25,26)19-11-4-3-5-12-19/h3-5,8-9,11-13,18H,6-7,10,14-15H2,1-2H3,(H,22,24)/t18-/m0/s1. The average molecular weight is 387 g/mol. The van der Waals surface area contributed by atoms with Crippen molar-refractivity contribution in [3.8, 4) is 0 Å². The van der Waals surface area contributed by atoms with Crippen molar-refractivity contribution in [3.63, 3.8) is 0 Å². The number of piperidine rings is 1. The molecule has 2 aromatic rings. The molecule has 6 heteroatoms. The molecule has 1 aliphatic heterocycles. The fourth-order valence-corrected chi connectivity index (χ4v) is 5.24. The highest BCUT2D eigenvalue weighted by atomic mass is 32.2. The van der Waals surface area contributed by atoms with E-state index in [1.807, 2.05) is 32.0 Å². The zero-order valence-corrected chi connectivity index (χ0v) is 16.6. The van der Waals surface area contributed by atoms with Crippen LogP contribution in [-0.4, -0.2) is 31.2 Å². The molecule has 0 bridgehead atoms. The highest BCUT2D eigenvalue weighted by molar-refractivity contribution is 7.89. The van der Waals surface area contributed by atoms with Gasteiger partial charge in [-0.3, -0.25) is 4.79 Å². The summed E-state index contributed by atoms with van der Waals surface area (Å²) in [6.07, 6.45) is 2.62. The first-order valence-corrected chi connectivity index (χ1v) is 10.8. The molecule has 0 spiro atoms.